The summed E-state index contributed by atoms with van der Waals surface area (Å²) in [7, 11) is 0. The Morgan fingerprint density at radius 1 is 1.54 bits per heavy atom. The smallest absolute Gasteiger partial charge is 0.239 e. The summed E-state index contributed by atoms with van der Waals surface area (Å²) >= 11 is 0. The van der Waals surface area contributed by atoms with Crippen molar-refractivity contribution in [2.45, 2.75) is 31.8 Å². The summed E-state index contributed by atoms with van der Waals surface area (Å²) in [4.78, 5) is 4.04. The van der Waals surface area contributed by atoms with Gasteiger partial charge in [-0.05, 0) is 19.3 Å². The van der Waals surface area contributed by atoms with Crippen molar-refractivity contribution < 1.29 is 4.74 Å². The fourth-order valence-corrected chi connectivity index (χ4v) is 1.59. The normalized spacial score (nSPS) is 23.2. The molecule has 2 rings (SSSR count). The molecule has 0 aromatic carbocycles. The van der Waals surface area contributed by atoms with Crippen LogP contribution in [0, 0.1) is 0 Å². The highest BCUT2D eigenvalue weighted by Gasteiger charge is 2.15. The van der Waals surface area contributed by atoms with Crippen molar-refractivity contribution in [3.05, 3.63) is 5.82 Å². The third-order valence-corrected chi connectivity index (χ3v) is 2.24. The summed E-state index contributed by atoms with van der Waals surface area (Å²) < 4.78 is 5.56. The van der Waals surface area contributed by atoms with Crippen molar-refractivity contribution in [2.75, 3.05) is 12.3 Å². The van der Waals surface area contributed by atoms with Gasteiger partial charge >= 0.3 is 0 Å². The molecule has 1 atom stereocenters. The standard InChI is InChI=1S/C8H14N4O/c9-8-10-7(11-12-8)5-6-3-1-2-4-13-6/h6H,1-5H2,(H3,9,10,11,12). The van der Waals surface area contributed by atoms with E-state index >= 15 is 0 Å². The van der Waals surface area contributed by atoms with E-state index in [0.29, 0.717) is 12.1 Å². The first kappa shape index (κ1) is 8.50. The first-order valence-electron chi connectivity index (χ1n) is 4.63. The highest BCUT2D eigenvalue weighted by atomic mass is 16.5. The Kier molecular flexibility index (Phi) is 2.44. The van der Waals surface area contributed by atoms with Gasteiger partial charge in [0.25, 0.3) is 0 Å². The zero-order chi connectivity index (χ0) is 9.10. The molecule has 0 spiro atoms. The topological polar surface area (TPSA) is 76.8 Å². The monoisotopic (exact) mass is 182 g/mol. The fourth-order valence-electron chi connectivity index (χ4n) is 1.59. The van der Waals surface area contributed by atoms with Gasteiger partial charge in [0.1, 0.15) is 5.82 Å². The van der Waals surface area contributed by atoms with Gasteiger partial charge in [-0.3, -0.25) is 5.10 Å². The molecule has 0 bridgehead atoms. The minimum atomic E-state index is 0.293. The Labute approximate surface area is 76.7 Å². The molecular formula is C8H14N4O. The van der Waals surface area contributed by atoms with Gasteiger partial charge in [0.2, 0.25) is 5.95 Å². The molecule has 1 aromatic rings. The maximum atomic E-state index is 5.56. The van der Waals surface area contributed by atoms with Gasteiger partial charge in [0, 0.05) is 13.0 Å². The Morgan fingerprint density at radius 2 is 2.46 bits per heavy atom. The Bertz CT molecular complexity index is 267. The first-order valence-corrected chi connectivity index (χ1v) is 4.63. The van der Waals surface area contributed by atoms with Crippen LogP contribution in [0.25, 0.3) is 0 Å². The number of nitrogens with zero attached hydrogens (tertiary/aromatic N) is 2. The number of nitrogens with one attached hydrogen (secondary N) is 1. The molecule has 3 N–H and O–H groups in total. The number of hydrogen-bond donors (Lipinski definition) is 2. The molecule has 1 aliphatic rings. The van der Waals surface area contributed by atoms with E-state index < -0.39 is 0 Å². The lowest BCUT2D eigenvalue weighted by Gasteiger charge is -2.21. The van der Waals surface area contributed by atoms with E-state index in [1.807, 2.05) is 0 Å². The maximum Gasteiger partial charge on any atom is 0.239 e. The Morgan fingerprint density at radius 3 is 3.08 bits per heavy atom. The van der Waals surface area contributed by atoms with Crippen molar-refractivity contribution in [2.24, 2.45) is 0 Å². The number of aromatic nitrogens is 3. The van der Waals surface area contributed by atoms with Gasteiger partial charge in [-0.15, -0.1) is 5.10 Å². The van der Waals surface area contributed by atoms with Crippen molar-refractivity contribution in [1.29, 1.82) is 0 Å². The van der Waals surface area contributed by atoms with Crippen molar-refractivity contribution in [1.82, 2.24) is 15.2 Å². The highest BCUT2D eigenvalue weighted by molar-refractivity contribution is 5.12. The fraction of sp³-hybridized carbons (Fsp3) is 0.750. The van der Waals surface area contributed by atoms with Crippen LogP contribution in [0.15, 0.2) is 0 Å². The third-order valence-electron chi connectivity index (χ3n) is 2.24. The van der Waals surface area contributed by atoms with E-state index in [1.165, 1.54) is 12.8 Å². The van der Waals surface area contributed by atoms with E-state index in [-0.39, 0.29) is 0 Å². The van der Waals surface area contributed by atoms with Gasteiger partial charge < -0.3 is 10.5 Å². The second-order valence-electron chi connectivity index (χ2n) is 3.33. The average molecular weight is 182 g/mol. The van der Waals surface area contributed by atoms with E-state index in [9.17, 15) is 0 Å². The number of anilines is 1. The maximum absolute atomic E-state index is 5.56. The SMILES string of the molecule is Nc1n[nH]c(CC2CCCCO2)n1. The molecule has 72 valence electrons. The van der Waals surface area contributed by atoms with E-state index in [0.717, 1.165) is 25.3 Å². The Hall–Kier alpha value is -1.10. The molecule has 0 amide bonds. The van der Waals surface area contributed by atoms with Crippen LogP contribution in [0.4, 0.5) is 5.95 Å². The number of ether oxygens (including phenoxy) is 1. The number of rotatable bonds is 2. The van der Waals surface area contributed by atoms with Crippen LogP contribution in [-0.4, -0.2) is 27.9 Å². The van der Waals surface area contributed by atoms with Crippen LogP contribution in [-0.2, 0) is 11.2 Å². The van der Waals surface area contributed by atoms with E-state index in [1.54, 1.807) is 0 Å². The van der Waals surface area contributed by atoms with Crippen molar-refractivity contribution in [3.63, 3.8) is 0 Å². The summed E-state index contributed by atoms with van der Waals surface area (Å²) in [5, 5.41) is 6.55. The average Bonchev–Trinajstić information content (AvgIpc) is 2.53. The van der Waals surface area contributed by atoms with Gasteiger partial charge in [-0.1, -0.05) is 0 Å². The molecular weight excluding hydrogens is 168 g/mol. The predicted octanol–water partition coefficient (Wildman–Crippen LogP) is 0.498. The molecule has 0 radical (unpaired) electrons. The Balaban J connectivity index is 1.89. The lowest BCUT2D eigenvalue weighted by molar-refractivity contribution is 0.0157. The summed E-state index contributed by atoms with van der Waals surface area (Å²) in [6.45, 7) is 0.869. The molecule has 1 saturated heterocycles. The lowest BCUT2D eigenvalue weighted by Crippen LogP contribution is -2.21. The molecule has 5 nitrogen and oxygen atoms in total. The number of hydrogen-bond acceptors (Lipinski definition) is 4. The third kappa shape index (κ3) is 2.18. The molecule has 5 heteroatoms. The molecule has 0 saturated carbocycles. The molecule has 13 heavy (non-hydrogen) atoms. The summed E-state index contributed by atoms with van der Waals surface area (Å²) in [6, 6.07) is 0. The number of H-pyrrole nitrogens is 1. The number of nitrogens with two attached hydrogens (primary N) is 1. The van der Waals surface area contributed by atoms with Gasteiger partial charge in [0.05, 0.1) is 6.10 Å². The number of nitrogen functional groups attached to an aromatic ring is 1. The zero-order valence-electron chi connectivity index (χ0n) is 7.49. The number of aromatic amines is 1. The summed E-state index contributed by atoms with van der Waals surface area (Å²) in [6.07, 6.45) is 4.62. The minimum Gasteiger partial charge on any atom is -0.378 e. The summed E-state index contributed by atoms with van der Waals surface area (Å²) in [5.41, 5.74) is 5.39. The molecule has 0 aliphatic carbocycles. The van der Waals surface area contributed by atoms with Crippen LogP contribution < -0.4 is 5.73 Å². The molecule has 1 unspecified atom stereocenters. The lowest BCUT2D eigenvalue weighted by atomic mass is 10.1. The summed E-state index contributed by atoms with van der Waals surface area (Å²) in [5.74, 6) is 1.13. The van der Waals surface area contributed by atoms with Crippen LogP contribution in [0.3, 0.4) is 0 Å². The van der Waals surface area contributed by atoms with Crippen molar-refractivity contribution >= 4 is 5.95 Å². The van der Waals surface area contributed by atoms with Crippen molar-refractivity contribution in [3.8, 4) is 0 Å². The first-order chi connectivity index (χ1) is 6.34. The zero-order valence-corrected chi connectivity index (χ0v) is 7.49. The molecule has 1 aliphatic heterocycles. The molecule has 2 heterocycles. The van der Waals surface area contributed by atoms with Gasteiger partial charge in [-0.2, -0.15) is 4.98 Å². The van der Waals surface area contributed by atoms with Crippen LogP contribution in [0.2, 0.25) is 0 Å². The molecule has 1 fully saturated rings. The predicted molar refractivity (Wildman–Crippen MR) is 48.1 cm³/mol. The highest BCUT2D eigenvalue weighted by Crippen LogP contribution is 2.15. The van der Waals surface area contributed by atoms with Crippen LogP contribution in [0.5, 0.6) is 0 Å². The minimum absolute atomic E-state index is 0.293. The van der Waals surface area contributed by atoms with E-state index in [4.69, 9.17) is 10.5 Å². The largest absolute Gasteiger partial charge is 0.378 e. The van der Waals surface area contributed by atoms with Crippen LogP contribution >= 0.6 is 0 Å². The molecule has 1 aromatic heterocycles. The second kappa shape index (κ2) is 3.74. The van der Waals surface area contributed by atoms with Crippen LogP contribution in [0.1, 0.15) is 25.1 Å². The van der Waals surface area contributed by atoms with Gasteiger partial charge in [0.15, 0.2) is 0 Å². The quantitative estimate of drug-likeness (QED) is 0.698. The second-order valence-corrected chi connectivity index (χ2v) is 3.33. The van der Waals surface area contributed by atoms with Gasteiger partial charge in [-0.25, -0.2) is 0 Å². The van der Waals surface area contributed by atoms with E-state index in [2.05, 4.69) is 15.2 Å².